The molecule has 3 heteroatoms. The van der Waals surface area contributed by atoms with E-state index in [9.17, 15) is 4.79 Å². The number of anilines is 2. The Morgan fingerprint density at radius 3 is 2.67 bits per heavy atom. The summed E-state index contributed by atoms with van der Waals surface area (Å²) < 4.78 is 0. The van der Waals surface area contributed by atoms with Crippen molar-refractivity contribution in [2.75, 3.05) is 10.6 Å². The molecule has 2 rings (SSSR count). The lowest BCUT2D eigenvalue weighted by Crippen LogP contribution is -2.42. The van der Waals surface area contributed by atoms with E-state index in [4.69, 9.17) is 0 Å². The number of fused-ring (bicyclic) bond motifs is 1. The molecule has 0 bridgehead atoms. The molecule has 0 spiro atoms. The molecule has 1 aliphatic rings. The first-order valence-electron chi connectivity index (χ1n) is 5.26. The number of amides is 1. The van der Waals surface area contributed by atoms with Crippen LogP contribution in [0.5, 0.6) is 0 Å². The zero-order valence-electron chi connectivity index (χ0n) is 9.29. The van der Waals surface area contributed by atoms with Crippen molar-refractivity contribution in [2.45, 2.75) is 26.8 Å². The van der Waals surface area contributed by atoms with E-state index in [-0.39, 0.29) is 11.9 Å². The molecule has 2 N–H and O–H groups in total. The lowest BCUT2D eigenvalue weighted by molar-refractivity contribution is -0.117. The molecule has 1 unspecified atom stereocenters. The van der Waals surface area contributed by atoms with Crippen LogP contribution in [-0.2, 0) is 4.79 Å². The van der Waals surface area contributed by atoms with Crippen LogP contribution in [0.1, 0.15) is 19.4 Å². The highest BCUT2D eigenvalue weighted by atomic mass is 16.2. The van der Waals surface area contributed by atoms with Crippen molar-refractivity contribution in [3.63, 3.8) is 0 Å². The predicted octanol–water partition coefficient (Wildman–Crippen LogP) is 2.38. The average molecular weight is 204 g/mol. The second-order valence-electron chi connectivity index (χ2n) is 4.40. The predicted molar refractivity (Wildman–Crippen MR) is 62.1 cm³/mol. The molecule has 0 saturated carbocycles. The number of hydrogen-bond acceptors (Lipinski definition) is 2. The average Bonchev–Trinajstić information content (AvgIpc) is 2.17. The minimum absolute atomic E-state index is 0.0568. The van der Waals surface area contributed by atoms with Crippen molar-refractivity contribution >= 4 is 17.3 Å². The Morgan fingerprint density at radius 1 is 1.27 bits per heavy atom. The molecular formula is C12H16N2O. The molecule has 1 aromatic carbocycles. The van der Waals surface area contributed by atoms with E-state index >= 15 is 0 Å². The van der Waals surface area contributed by atoms with Crippen LogP contribution in [0.3, 0.4) is 0 Å². The lowest BCUT2D eigenvalue weighted by atomic mass is 10.00. The molecular weight excluding hydrogens is 188 g/mol. The van der Waals surface area contributed by atoms with Gasteiger partial charge >= 0.3 is 0 Å². The van der Waals surface area contributed by atoms with Crippen molar-refractivity contribution in [2.24, 2.45) is 5.92 Å². The van der Waals surface area contributed by atoms with Crippen molar-refractivity contribution in [3.05, 3.63) is 23.8 Å². The van der Waals surface area contributed by atoms with Gasteiger partial charge in [-0.15, -0.1) is 0 Å². The third-order valence-corrected chi connectivity index (χ3v) is 2.69. The smallest absolute Gasteiger partial charge is 0.247 e. The fourth-order valence-corrected chi connectivity index (χ4v) is 1.80. The molecule has 1 heterocycles. The number of benzene rings is 1. The Labute approximate surface area is 89.9 Å². The summed E-state index contributed by atoms with van der Waals surface area (Å²) in [5, 5.41) is 6.19. The number of nitrogens with one attached hydrogen (secondary N) is 2. The fraction of sp³-hybridized carbons (Fsp3) is 0.417. The molecule has 0 radical (unpaired) electrons. The molecule has 0 saturated heterocycles. The Morgan fingerprint density at radius 2 is 2.00 bits per heavy atom. The van der Waals surface area contributed by atoms with Crippen molar-refractivity contribution < 1.29 is 4.79 Å². The molecule has 1 amide bonds. The zero-order valence-corrected chi connectivity index (χ0v) is 9.29. The van der Waals surface area contributed by atoms with Gasteiger partial charge in [0.2, 0.25) is 5.91 Å². The maximum Gasteiger partial charge on any atom is 0.247 e. The summed E-state index contributed by atoms with van der Waals surface area (Å²) in [6.07, 6.45) is 0. The highest BCUT2D eigenvalue weighted by molar-refractivity contribution is 6.03. The van der Waals surface area contributed by atoms with Gasteiger partial charge in [0, 0.05) is 0 Å². The second kappa shape index (κ2) is 3.57. The van der Waals surface area contributed by atoms with Crippen molar-refractivity contribution in [1.82, 2.24) is 0 Å². The lowest BCUT2D eigenvalue weighted by Gasteiger charge is -2.29. The SMILES string of the molecule is Cc1ccc2c(c1)NC(C(C)C)C(=O)N2. The zero-order chi connectivity index (χ0) is 11.0. The van der Waals surface area contributed by atoms with E-state index in [0.29, 0.717) is 5.92 Å². The van der Waals surface area contributed by atoms with Gasteiger partial charge in [-0.2, -0.15) is 0 Å². The van der Waals surface area contributed by atoms with Crippen LogP contribution in [-0.4, -0.2) is 11.9 Å². The normalized spacial score (nSPS) is 19.5. The molecule has 0 aliphatic carbocycles. The highest BCUT2D eigenvalue weighted by Crippen LogP contribution is 2.29. The summed E-state index contributed by atoms with van der Waals surface area (Å²) in [7, 11) is 0. The van der Waals surface area contributed by atoms with Crippen LogP contribution in [0, 0.1) is 12.8 Å². The van der Waals surface area contributed by atoms with E-state index in [2.05, 4.69) is 16.7 Å². The Kier molecular flexibility index (Phi) is 2.39. The number of rotatable bonds is 1. The largest absolute Gasteiger partial charge is 0.372 e. The first-order valence-corrected chi connectivity index (χ1v) is 5.26. The van der Waals surface area contributed by atoms with Crippen molar-refractivity contribution in [1.29, 1.82) is 0 Å². The molecule has 1 atom stereocenters. The number of carbonyl (C=O) groups is 1. The first-order chi connectivity index (χ1) is 7.08. The molecule has 3 nitrogen and oxygen atoms in total. The molecule has 15 heavy (non-hydrogen) atoms. The van der Waals surface area contributed by atoms with Gasteiger partial charge in [-0.1, -0.05) is 19.9 Å². The first kappa shape index (κ1) is 10.0. The summed E-state index contributed by atoms with van der Waals surface area (Å²) in [4.78, 5) is 11.7. The van der Waals surface area contributed by atoms with Crippen LogP contribution in [0.15, 0.2) is 18.2 Å². The maximum atomic E-state index is 11.7. The number of aryl methyl sites for hydroxylation is 1. The Bertz CT molecular complexity index is 399. The van der Waals surface area contributed by atoms with Gasteiger partial charge in [0.1, 0.15) is 6.04 Å². The van der Waals surface area contributed by atoms with Crippen LogP contribution < -0.4 is 10.6 Å². The second-order valence-corrected chi connectivity index (χ2v) is 4.40. The van der Waals surface area contributed by atoms with Crippen LogP contribution in [0.25, 0.3) is 0 Å². The molecule has 80 valence electrons. The summed E-state index contributed by atoms with van der Waals surface area (Å²) in [6.45, 7) is 6.12. The molecule has 0 aromatic heterocycles. The van der Waals surface area contributed by atoms with Gasteiger partial charge in [-0.05, 0) is 30.5 Å². The van der Waals surface area contributed by atoms with Gasteiger partial charge in [-0.3, -0.25) is 4.79 Å². The van der Waals surface area contributed by atoms with Crippen molar-refractivity contribution in [3.8, 4) is 0 Å². The van der Waals surface area contributed by atoms with E-state index in [0.717, 1.165) is 11.4 Å². The van der Waals surface area contributed by atoms with Gasteiger partial charge in [0.05, 0.1) is 11.4 Å². The Hall–Kier alpha value is -1.51. The Balaban J connectivity index is 2.34. The van der Waals surface area contributed by atoms with E-state index < -0.39 is 0 Å². The minimum atomic E-state index is -0.126. The monoisotopic (exact) mass is 204 g/mol. The molecule has 0 fully saturated rings. The van der Waals surface area contributed by atoms with Gasteiger partial charge < -0.3 is 10.6 Å². The van der Waals surface area contributed by atoms with E-state index in [1.165, 1.54) is 5.56 Å². The maximum absolute atomic E-state index is 11.7. The quantitative estimate of drug-likeness (QED) is 0.737. The highest BCUT2D eigenvalue weighted by Gasteiger charge is 2.27. The third kappa shape index (κ3) is 1.82. The van der Waals surface area contributed by atoms with Crippen LogP contribution >= 0.6 is 0 Å². The summed E-state index contributed by atoms with van der Waals surface area (Å²) in [5.74, 6) is 0.347. The molecule has 1 aliphatic heterocycles. The number of carbonyl (C=O) groups excluding carboxylic acids is 1. The van der Waals surface area contributed by atoms with E-state index in [1.807, 2.05) is 32.9 Å². The summed E-state index contributed by atoms with van der Waals surface area (Å²) in [6, 6.07) is 5.87. The molecule has 1 aromatic rings. The summed E-state index contributed by atoms with van der Waals surface area (Å²) in [5.41, 5.74) is 3.09. The number of hydrogen-bond donors (Lipinski definition) is 2. The van der Waals surface area contributed by atoms with Crippen LogP contribution in [0.2, 0.25) is 0 Å². The van der Waals surface area contributed by atoms with Crippen LogP contribution in [0.4, 0.5) is 11.4 Å². The summed E-state index contributed by atoms with van der Waals surface area (Å²) >= 11 is 0. The van der Waals surface area contributed by atoms with E-state index in [1.54, 1.807) is 0 Å². The minimum Gasteiger partial charge on any atom is -0.372 e. The van der Waals surface area contributed by atoms with Gasteiger partial charge in [0.25, 0.3) is 0 Å². The fourth-order valence-electron chi connectivity index (χ4n) is 1.80. The standard InChI is InChI=1S/C12H16N2O/c1-7(2)11-12(15)14-9-5-4-8(3)6-10(9)13-11/h4-7,11,13H,1-3H3,(H,14,15). The topological polar surface area (TPSA) is 41.1 Å². The van der Waals surface area contributed by atoms with Gasteiger partial charge in [0.15, 0.2) is 0 Å². The van der Waals surface area contributed by atoms with Gasteiger partial charge in [-0.25, -0.2) is 0 Å². The third-order valence-electron chi connectivity index (χ3n) is 2.69.